The number of benzene rings is 1. The Morgan fingerprint density at radius 1 is 1.47 bits per heavy atom. The molecule has 88 valence electrons. The van der Waals surface area contributed by atoms with Crippen molar-refractivity contribution < 1.29 is 4.79 Å². The quantitative estimate of drug-likeness (QED) is 0.901. The van der Waals surface area contributed by atoms with Gasteiger partial charge in [0.25, 0.3) is 5.91 Å². The second-order valence-electron chi connectivity index (χ2n) is 3.61. The van der Waals surface area contributed by atoms with E-state index in [0.29, 0.717) is 23.6 Å². The van der Waals surface area contributed by atoms with Crippen LogP contribution in [0.1, 0.15) is 16.1 Å². The van der Waals surface area contributed by atoms with Crippen LogP contribution >= 0.6 is 11.6 Å². The summed E-state index contributed by atoms with van der Waals surface area (Å²) < 4.78 is 1.50. The lowest BCUT2D eigenvalue weighted by Crippen LogP contribution is -2.16. The van der Waals surface area contributed by atoms with Crippen LogP contribution in [0.15, 0.2) is 36.8 Å². The van der Waals surface area contributed by atoms with E-state index in [1.54, 1.807) is 30.5 Å². The Bertz CT molecular complexity index is 536. The maximum Gasteiger partial charge on any atom is 0.263 e. The van der Waals surface area contributed by atoms with Gasteiger partial charge in [0.05, 0.1) is 0 Å². The van der Waals surface area contributed by atoms with E-state index in [4.69, 9.17) is 17.3 Å². The first-order valence-electron chi connectivity index (χ1n) is 5.24. The van der Waals surface area contributed by atoms with E-state index in [1.807, 2.05) is 0 Å². The van der Waals surface area contributed by atoms with Gasteiger partial charge in [0.2, 0.25) is 0 Å². The van der Waals surface area contributed by atoms with Crippen LogP contribution in [0.3, 0.4) is 0 Å². The zero-order valence-electron chi connectivity index (χ0n) is 9.14. The Kier molecular flexibility index (Phi) is 3.56. The SMILES string of the molecule is NCCc1cncn1C(=O)c1cccc(Cl)c1. The molecule has 0 spiro atoms. The first-order valence-corrected chi connectivity index (χ1v) is 5.61. The van der Waals surface area contributed by atoms with Crippen molar-refractivity contribution in [3.63, 3.8) is 0 Å². The number of rotatable bonds is 3. The van der Waals surface area contributed by atoms with Crippen LogP contribution in [0.5, 0.6) is 0 Å². The summed E-state index contributed by atoms with van der Waals surface area (Å²) in [6.45, 7) is 0.481. The van der Waals surface area contributed by atoms with Gasteiger partial charge in [0.15, 0.2) is 0 Å². The highest BCUT2D eigenvalue weighted by Crippen LogP contribution is 2.13. The van der Waals surface area contributed by atoms with Crippen LogP contribution in [-0.4, -0.2) is 22.0 Å². The van der Waals surface area contributed by atoms with Crippen LogP contribution in [0, 0.1) is 0 Å². The van der Waals surface area contributed by atoms with Crippen LogP contribution < -0.4 is 5.73 Å². The van der Waals surface area contributed by atoms with Crippen molar-refractivity contribution in [1.29, 1.82) is 0 Å². The maximum absolute atomic E-state index is 12.2. The molecule has 4 nitrogen and oxygen atoms in total. The second kappa shape index (κ2) is 5.12. The highest BCUT2D eigenvalue weighted by atomic mass is 35.5. The van der Waals surface area contributed by atoms with Gasteiger partial charge in [0.1, 0.15) is 6.33 Å². The number of aromatic nitrogens is 2. The van der Waals surface area contributed by atoms with E-state index in [9.17, 15) is 4.79 Å². The third-order valence-corrected chi connectivity index (χ3v) is 2.64. The van der Waals surface area contributed by atoms with Crippen molar-refractivity contribution in [2.24, 2.45) is 5.73 Å². The molecule has 0 atom stereocenters. The molecule has 0 saturated heterocycles. The Morgan fingerprint density at radius 3 is 3.00 bits per heavy atom. The third-order valence-electron chi connectivity index (χ3n) is 2.41. The number of nitrogens with zero attached hydrogens (tertiary/aromatic N) is 2. The maximum atomic E-state index is 12.2. The van der Waals surface area contributed by atoms with Gasteiger partial charge in [-0.2, -0.15) is 0 Å². The Hall–Kier alpha value is -1.65. The zero-order valence-corrected chi connectivity index (χ0v) is 9.89. The van der Waals surface area contributed by atoms with Crippen LogP contribution in [0.2, 0.25) is 5.02 Å². The number of hydrogen-bond acceptors (Lipinski definition) is 3. The summed E-state index contributed by atoms with van der Waals surface area (Å²) in [7, 11) is 0. The van der Waals surface area contributed by atoms with E-state index in [-0.39, 0.29) is 5.91 Å². The van der Waals surface area contributed by atoms with Gasteiger partial charge in [-0.15, -0.1) is 0 Å². The van der Waals surface area contributed by atoms with Gasteiger partial charge in [-0.05, 0) is 24.7 Å². The molecular formula is C12H12ClN3O. The second-order valence-corrected chi connectivity index (χ2v) is 4.05. The van der Waals surface area contributed by atoms with Crippen LogP contribution in [0.4, 0.5) is 0 Å². The Labute approximate surface area is 104 Å². The molecule has 0 aliphatic heterocycles. The predicted molar refractivity (Wildman–Crippen MR) is 66.2 cm³/mol. The third kappa shape index (κ3) is 2.54. The first kappa shape index (κ1) is 11.8. The fourth-order valence-corrected chi connectivity index (χ4v) is 1.79. The van der Waals surface area contributed by atoms with Crippen molar-refractivity contribution in [3.05, 3.63) is 53.1 Å². The monoisotopic (exact) mass is 249 g/mol. The molecule has 0 radical (unpaired) electrons. The highest BCUT2D eigenvalue weighted by Gasteiger charge is 2.12. The normalized spacial score (nSPS) is 10.5. The molecule has 0 bridgehead atoms. The van der Waals surface area contributed by atoms with Crippen molar-refractivity contribution in [2.45, 2.75) is 6.42 Å². The van der Waals surface area contributed by atoms with E-state index in [0.717, 1.165) is 5.69 Å². The first-order chi connectivity index (χ1) is 8.22. The molecule has 17 heavy (non-hydrogen) atoms. The number of hydrogen-bond donors (Lipinski definition) is 1. The number of carbonyl (C=O) groups excluding carboxylic acids is 1. The largest absolute Gasteiger partial charge is 0.330 e. The summed E-state index contributed by atoms with van der Waals surface area (Å²) in [4.78, 5) is 16.1. The number of carbonyl (C=O) groups is 1. The number of nitrogens with two attached hydrogens (primary N) is 1. The predicted octanol–water partition coefficient (Wildman–Crippen LogP) is 1.73. The average molecular weight is 250 g/mol. The molecule has 0 unspecified atom stereocenters. The minimum atomic E-state index is -0.145. The molecule has 0 amide bonds. The van der Waals surface area contributed by atoms with E-state index >= 15 is 0 Å². The Balaban J connectivity index is 2.33. The summed E-state index contributed by atoms with van der Waals surface area (Å²) in [6, 6.07) is 6.83. The number of halogens is 1. The molecule has 0 aliphatic rings. The Morgan fingerprint density at radius 2 is 2.29 bits per heavy atom. The van der Waals surface area contributed by atoms with Crippen LogP contribution in [-0.2, 0) is 6.42 Å². The summed E-state index contributed by atoms with van der Waals surface area (Å²) in [5.41, 5.74) is 6.82. The zero-order chi connectivity index (χ0) is 12.3. The lowest BCUT2D eigenvalue weighted by atomic mass is 10.2. The molecule has 5 heteroatoms. The molecule has 0 saturated carbocycles. The van der Waals surface area contributed by atoms with E-state index in [2.05, 4.69) is 4.98 Å². The van der Waals surface area contributed by atoms with E-state index < -0.39 is 0 Å². The molecule has 1 heterocycles. The average Bonchev–Trinajstić information content (AvgIpc) is 2.77. The fourth-order valence-electron chi connectivity index (χ4n) is 1.60. The van der Waals surface area contributed by atoms with E-state index in [1.165, 1.54) is 10.9 Å². The van der Waals surface area contributed by atoms with Crippen LogP contribution in [0.25, 0.3) is 0 Å². The minimum absolute atomic E-state index is 0.145. The molecule has 1 aromatic carbocycles. The van der Waals surface area contributed by atoms with Crippen molar-refractivity contribution in [2.75, 3.05) is 6.54 Å². The molecule has 0 aliphatic carbocycles. The minimum Gasteiger partial charge on any atom is -0.330 e. The molecule has 2 aromatic rings. The highest BCUT2D eigenvalue weighted by molar-refractivity contribution is 6.31. The van der Waals surface area contributed by atoms with Gasteiger partial charge in [-0.3, -0.25) is 9.36 Å². The van der Waals surface area contributed by atoms with Crippen molar-refractivity contribution in [1.82, 2.24) is 9.55 Å². The molecule has 1 aromatic heterocycles. The summed E-state index contributed by atoms with van der Waals surface area (Å²) in [5, 5.41) is 0.538. The lowest BCUT2D eigenvalue weighted by Gasteiger charge is -2.06. The number of imidazole rings is 1. The molecular weight excluding hydrogens is 238 g/mol. The summed E-state index contributed by atoms with van der Waals surface area (Å²) >= 11 is 5.85. The van der Waals surface area contributed by atoms with Gasteiger partial charge >= 0.3 is 0 Å². The smallest absolute Gasteiger partial charge is 0.263 e. The van der Waals surface area contributed by atoms with Crippen molar-refractivity contribution in [3.8, 4) is 0 Å². The van der Waals surface area contributed by atoms with Gasteiger partial charge < -0.3 is 5.73 Å². The molecule has 2 N–H and O–H groups in total. The topological polar surface area (TPSA) is 60.9 Å². The lowest BCUT2D eigenvalue weighted by molar-refractivity contribution is 0.0957. The molecule has 0 fully saturated rings. The van der Waals surface area contributed by atoms with Gasteiger partial charge in [-0.25, -0.2) is 4.98 Å². The van der Waals surface area contributed by atoms with Gasteiger partial charge in [-0.1, -0.05) is 17.7 Å². The summed E-state index contributed by atoms with van der Waals surface area (Å²) in [5.74, 6) is -0.145. The standard InChI is InChI=1S/C12H12ClN3O/c13-10-3-1-2-9(6-10)12(17)16-8-15-7-11(16)4-5-14/h1-3,6-8H,4-5,14H2. The molecule has 2 rings (SSSR count). The fraction of sp³-hybridized carbons (Fsp3) is 0.167. The summed E-state index contributed by atoms with van der Waals surface area (Å²) in [6.07, 6.45) is 3.76. The van der Waals surface area contributed by atoms with Gasteiger partial charge in [0, 0.05) is 28.9 Å². The van der Waals surface area contributed by atoms with Crippen molar-refractivity contribution >= 4 is 17.5 Å².